The summed E-state index contributed by atoms with van der Waals surface area (Å²) in [5.41, 5.74) is 1.12. The largest absolute Gasteiger partial charge is 0.497 e. The number of ether oxygens (including phenoxy) is 2. The molecule has 114 valence electrons. The maximum atomic E-state index is 5.55. The second-order valence-corrected chi connectivity index (χ2v) is 6.79. The molecular formula is C16H20BrNO2S. The van der Waals surface area contributed by atoms with E-state index >= 15 is 0 Å². The lowest BCUT2D eigenvalue weighted by Crippen LogP contribution is -2.21. The molecule has 0 aliphatic rings. The van der Waals surface area contributed by atoms with Gasteiger partial charge in [-0.2, -0.15) is 0 Å². The molecule has 2 aromatic rings. The van der Waals surface area contributed by atoms with Crippen molar-refractivity contribution in [3.05, 3.63) is 44.1 Å². The van der Waals surface area contributed by atoms with Crippen molar-refractivity contribution in [3.8, 4) is 11.5 Å². The summed E-state index contributed by atoms with van der Waals surface area (Å²) in [5, 5.41) is 3.54. The molecule has 3 nitrogen and oxygen atoms in total. The predicted octanol–water partition coefficient (Wildman–Crippen LogP) is 4.54. The molecule has 5 heteroatoms. The standard InChI is InChI=1S/C16H20BrNO2S/c1-5-18-16(15-9-13(17)10(2)21-15)12-7-6-11(19-3)8-14(12)20-4/h6-9,16,18H,5H2,1-4H3. The van der Waals surface area contributed by atoms with Crippen LogP contribution in [0.5, 0.6) is 11.5 Å². The van der Waals surface area contributed by atoms with Crippen molar-refractivity contribution >= 4 is 27.3 Å². The first kappa shape index (κ1) is 16.3. The van der Waals surface area contributed by atoms with E-state index in [-0.39, 0.29) is 6.04 Å². The molecule has 0 radical (unpaired) electrons. The van der Waals surface area contributed by atoms with E-state index in [1.807, 2.05) is 12.1 Å². The van der Waals surface area contributed by atoms with E-state index in [0.29, 0.717) is 0 Å². The van der Waals surface area contributed by atoms with Crippen LogP contribution in [0.4, 0.5) is 0 Å². The van der Waals surface area contributed by atoms with Gasteiger partial charge in [0, 0.05) is 25.9 Å². The molecule has 0 aliphatic carbocycles. The Kier molecular flexibility index (Phi) is 5.67. The Morgan fingerprint density at radius 3 is 2.52 bits per heavy atom. The molecule has 0 saturated heterocycles. The number of nitrogens with one attached hydrogen (secondary N) is 1. The maximum absolute atomic E-state index is 5.55. The fourth-order valence-electron chi connectivity index (χ4n) is 2.25. The van der Waals surface area contributed by atoms with E-state index in [1.54, 1.807) is 25.6 Å². The van der Waals surface area contributed by atoms with Gasteiger partial charge in [0.25, 0.3) is 0 Å². The average molecular weight is 370 g/mol. The van der Waals surface area contributed by atoms with Crippen LogP contribution in [0, 0.1) is 6.92 Å². The van der Waals surface area contributed by atoms with Crippen molar-refractivity contribution in [3.63, 3.8) is 0 Å². The highest BCUT2D eigenvalue weighted by Gasteiger charge is 2.20. The Morgan fingerprint density at radius 2 is 2.00 bits per heavy atom. The highest BCUT2D eigenvalue weighted by atomic mass is 79.9. The van der Waals surface area contributed by atoms with Gasteiger partial charge in [0.1, 0.15) is 11.5 Å². The molecule has 0 amide bonds. The van der Waals surface area contributed by atoms with E-state index in [1.165, 1.54) is 9.75 Å². The molecule has 0 saturated carbocycles. The van der Waals surface area contributed by atoms with Crippen molar-refractivity contribution in [1.82, 2.24) is 5.32 Å². The third-order valence-corrected chi connectivity index (χ3v) is 5.52. The van der Waals surface area contributed by atoms with Crippen molar-refractivity contribution in [2.75, 3.05) is 20.8 Å². The van der Waals surface area contributed by atoms with Gasteiger partial charge in [0.2, 0.25) is 0 Å². The number of thiophene rings is 1. The first-order chi connectivity index (χ1) is 10.1. The second-order valence-electron chi connectivity index (χ2n) is 4.65. The van der Waals surface area contributed by atoms with Crippen LogP contribution in [-0.4, -0.2) is 20.8 Å². The van der Waals surface area contributed by atoms with Gasteiger partial charge in [-0.05, 0) is 47.6 Å². The summed E-state index contributed by atoms with van der Waals surface area (Å²) in [7, 11) is 3.35. The Labute approximate surface area is 138 Å². The molecule has 1 unspecified atom stereocenters. The monoisotopic (exact) mass is 369 g/mol. The van der Waals surface area contributed by atoms with E-state index in [0.717, 1.165) is 28.1 Å². The van der Waals surface area contributed by atoms with E-state index in [9.17, 15) is 0 Å². The number of hydrogen-bond acceptors (Lipinski definition) is 4. The highest BCUT2D eigenvalue weighted by molar-refractivity contribution is 9.10. The fourth-order valence-corrected chi connectivity index (χ4v) is 3.90. The minimum Gasteiger partial charge on any atom is -0.497 e. The fraction of sp³-hybridized carbons (Fsp3) is 0.375. The van der Waals surface area contributed by atoms with Crippen molar-refractivity contribution in [2.24, 2.45) is 0 Å². The van der Waals surface area contributed by atoms with Gasteiger partial charge in [0.15, 0.2) is 0 Å². The van der Waals surface area contributed by atoms with Gasteiger partial charge in [-0.25, -0.2) is 0 Å². The maximum Gasteiger partial charge on any atom is 0.127 e. The van der Waals surface area contributed by atoms with E-state index in [2.05, 4.69) is 47.2 Å². The van der Waals surface area contributed by atoms with Crippen LogP contribution >= 0.6 is 27.3 Å². The molecule has 2 rings (SSSR count). The zero-order valence-corrected chi connectivity index (χ0v) is 15.1. The SMILES string of the molecule is CCNC(c1cc(Br)c(C)s1)c1ccc(OC)cc1OC. The molecule has 1 N–H and O–H groups in total. The third-order valence-electron chi connectivity index (χ3n) is 3.32. The van der Waals surface area contributed by atoms with Gasteiger partial charge in [-0.3, -0.25) is 0 Å². The minimum absolute atomic E-state index is 0.117. The van der Waals surface area contributed by atoms with Crippen molar-refractivity contribution < 1.29 is 9.47 Å². The first-order valence-corrected chi connectivity index (χ1v) is 8.42. The van der Waals surface area contributed by atoms with Crippen LogP contribution in [0.1, 0.15) is 28.3 Å². The van der Waals surface area contributed by atoms with E-state index < -0.39 is 0 Å². The van der Waals surface area contributed by atoms with Crippen LogP contribution in [-0.2, 0) is 0 Å². The quantitative estimate of drug-likeness (QED) is 0.810. The van der Waals surface area contributed by atoms with Crippen molar-refractivity contribution in [2.45, 2.75) is 19.9 Å². The van der Waals surface area contributed by atoms with Gasteiger partial charge in [-0.15, -0.1) is 11.3 Å². The molecular weight excluding hydrogens is 350 g/mol. The van der Waals surface area contributed by atoms with Crippen LogP contribution in [0.25, 0.3) is 0 Å². The minimum atomic E-state index is 0.117. The Hall–Kier alpha value is -1.04. The molecule has 0 fully saturated rings. The number of methoxy groups -OCH3 is 2. The molecule has 0 spiro atoms. The van der Waals surface area contributed by atoms with Crippen molar-refractivity contribution in [1.29, 1.82) is 0 Å². The zero-order valence-electron chi connectivity index (χ0n) is 12.7. The number of hydrogen-bond donors (Lipinski definition) is 1. The highest BCUT2D eigenvalue weighted by Crippen LogP contribution is 2.38. The number of rotatable bonds is 6. The Morgan fingerprint density at radius 1 is 1.24 bits per heavy atom. The number of benzene rings is 1. The first-order valence-electron chi connectivity index (χ1n) is 6.81. The van der Waals surface area contributed by atoms with Gasteiger partial charge in [0.05, 0.1) is 20.3 Å². The lowest BCUT2D eigenvalue weighted by Gasteiger charge is -2.20. The van der Waals surface area contributed by atoms with Crippen LogP contribution in [0.2, 0.25) is 0 Å². The topological polar surface area (TPSA) is 30.5 Å². The summed E-state index contributed by atoms with van der Waals surface area (Å²) in [6.45, 7) is 5.11. The molecule has 1 heterocycles. The van der Waals surface area contributed by atoms with Crippen LogP contribution in [0.15, 0.2) is 28.7 Å². The third kappa shape index (κ3) is 3.59. The van der Waals surface area contributed by atoms with Crippen LogP contribution in [0.3, 0.4) is 0 Å². The summed E-state index contributed by atoms with van der Waals surface area (Å²) in [6.07, 6.45) is 0. The predicted molar refractivity (Wildman–Crippen MR) is 91.8 cm³/mol. The molecule has 21 heavy (non-hydrogen) atoms. The Bertz CT molecular complexity index is 593. The molecule has 0 aliphatic heterocycles. The molecule has 1 aromatic heterocycles. The second kappa shape index (κ2) is 7.29. The number of halogens is 1. The summed E-state index contributed by atoms with van der Waals surface area (Å²) in [5.74, 6) is 1.64. The molecule has 1 atom stereocenters. The average Bonchev–Trinajstić information content (AvgIpc) is 2.83. The number of aryl methyl sites for hydroxylation is 1. The normalized spacial score (nSPS) is 12.2. The summed E-state index contributed by atoms with van der Waals surface area (Å²) in [4.78, 5) is 2.55. The van der Waals surface area contributed by atoms with Crippen LogP contribution < -0.4 is 14.8 Å². The van der Waals surface area contributed by atoms with Gasteiger partial charge < -0.3 is 14.8 Å². The smallest absolute Gasteiger partial charge is 0.127 e. The van der Waals surface area contributed by atoms with Gasteiger partial charge >= 0.3 is 0 Å². The lowest BCUT2D eigenvalue weighted by molar-refractivity contribution is 0.388. The zero-order chi connectivity index (χ0) is 15.4. The Balaban J connectivity index is 2.47. The molecule has 0 bridgehead atoms. The lowest BCUT2D eigenvalue weighted by atomic mass is 10.0. The summed E-state index contributed by atoms with van der Waals surface area (Å²) in [6, 6.07) is 8.25. The van der Waals surface area contributed by atoms with E-state index in [4.69, 9.17) is 9.47 Å². The summed E-state index contributed by atoms with van der Waals surface area (Å²) < 4.78 is 12.0. The van der Waals surface area contributed by atoms with Gasteiger partial charge in [-0.1, -0.05) is 6.92 Å². The summed E-state index contributed by atoms with van der Waals surface area (Å²) >= 11 is 5.39. The molecule has 1 aromatic carbocycles.